The summed E-state index contributed by atoms with van der Waals surface area (Å²) in [5, 5.41) is 28.5. The van der Waals surface area contributed by atoms with Gasteiger partial charge in [0.1, 0.15) is 0 Å². The summed E-state index contributed by atoms with van der Waals surface area (Å²) < 4.78 is 0. The van der Waals surface area contributed by atoms with Gasteiger partial charge in [0.2, 0.25) is 0 Å². The number of benzene rings is 1. The van der Waals surface area contributed by atoms with Gasteiger partial charge in [0.15, 0.2) is 11.5 Å². The van der Waals surface area contributed by atoms with E-state index < -0.39 is 12.1 Å². The fourth-order valence-electron chi connectivity index (χ4n) is 1.65. The summed E-state index contributed by atoms with van der Waals surface area (Å²) in [6, 6.07) is 3.83. The molecule has 0 aliphatic carbocycles. The average Bonchev–Trinajstić information content (AvgIpc) is 2.28. The minimum atomic E-state index is -0.638. The molecule has 2 atom stereocenters. The Kier molecular flexibility index (Phi) is 7.06. The van der Waals surface area contributed by atoms with Gasteiger partial charge in [-0.1, -0.05) is 19.9 Å². The van der Waals surface area contributed by atoms with Crippen molar-refractivity contribution in [3.8, 4) is 11.5 Å². The minimum absolute atomic E-state index is 0. The SMILES string of the molecule is CC(C)CC[C@@H](O)[C@@H](N)c1ccc(O)c(O)c1.Cl. The third-order valence-corrected chi connectivity index (χ3v) is 2.84. The molecule has 1 rings (SSSR count). The number of hydrogen-bond acceptors (Lipinski definition) is 4. The van der Waals surface area contributed by atoms with E-state index in [2.05, 4.69) is 13.8 Å². The number of aliphatic hydroxyl groups is 1. The lowest BCUT2D eigenvalue weighted by atomic mass is 9.96. The number of phenols is 2. The molecule has 18 heavy (non-hydrogen) atoms. The molecule has 0 saturated heterocycles. The molecule has 0 heterocycles. The van der Waals surface area contributed by atoms with Crippen molar-refractivity contribution < 1.29 is 15.3 Å². The molecule has 0 fully saturated rings. The fourth-order valence-corrected chi connectivity index (χ4v) is 1.65. The monoisotopic (exact) mass is 275 g/mol. The lowest BCUT2D eigenvalue weighted by molar-refractivity contribution is 0.128. The first-order valence-corrected chi connectivity index (χ1v) is 5.87. The van der Waals surface area contributed by atoms with Gasteiger partial charge in [-0.3, -0.25) is 0 Å². The van der Waals surface area contributed by atoms with E-state index in [0.717, 1.165) is 6.42 Å². The normalized spacial score (nSPS) is 14.1. The summed E-state index contributed by atoms with van der Waals surface area (Å²) in [5.41, 5.74) is 6.52. The molecule has 1 aromatic rings. The second-order valence-electron chi connectivity index (χ2n) is 4.81. The largest absolute Gasteiger partial charge is 0.504 e. The van der Waals surface area contributed by atoms with Crippen molar-refractivity contribution in [3.63, 3.8) is 0 Å². The second kappa shape index (κ2) is 7.46. The first-order valence-electron chi connectivity index (χ1n) is 5.87. The Morgan fingerprint density at radius 2 is 1.72 bits per heavy atom. The van der Waals surface area contributed by atoms with Crippen molar-refractivity contribution in [1.82, 2.24) is 0 Å². The van der Waals surface area contributed by atoms with Crippen molar-refractivity contribution in [2.24, 2.45) is 11.7 Å². The van der Waals surface area contributed by atoms with Crippen LogP contribution in [0.1, 0.15) is 38.3 Å². The molecule has 0 aromatic heterocycles. The van der Waals surface area contributed by atoms with E-state index in [0.29, 0.717) is 17.9 Å². The summed E-state index contributed by atoms with van der Waals surface area (Å²) in [5.74, 6) is 0.122. The van der Waals surface area contributed by atoms with Crippen molar-refractivity contribution in [2.45, 2.75) is 38.8 Å². The number of hydrogen-bond donors (Lipinski definition) is 4. The lowest BCUT2D eigenvalue weighted by Gasteiger charge is -2.20. The predicted octanol–water partition coefficient (Wildman–Crippen LogP) is 2.32. The van der Waals surface area contributed by atoms with Crippen LogP contribution in [0.2, 0.25) is 0 Å². The average molecular weight is 276 g/mol. The summed E-state index contributed by atoms with van der Waals surface area (Å²) in [4.78, 5) is 0. The van der Waals surface area contributed by atoms with Crippen LogP contribution in [0.3, 0.4) is 0 Å². The Labute approximate surface area is 114 Å². The summed E-state index contributed by atoms with van der Waals surface area (Å²) in [6.45, 7) is 4.18. The maximum absolute atomic E-state index is 9.91. The maximum atomic E-state index is 9.91. The quantitative estimate of drug-likeness (QED) is 0.621. The number of nitrogens with two attached hydrogens (primary N) is 1. The van der Waals surface area contributed by atoms with Crippen LogP contribution in [0, 0.1) is 5.92 Å². The molecular weight excluding hydrogens is 254 g/mol. The summed E-state index contributed by atoms with van der Waals surface area (Å²) >= 11 is 0. The lowest BCUT2D eigenvalue weighted by Crippen LogP contribution is -2.26. The Bertz CT molecular complexity index is 371. The highest BCUT2D eigenvalue weighted by Crippen LogP contribution is 2.29. The zero-order chi connectivity index (χ0) is 13.0. The molecule has 4 nitrogen and oxygen atoms in total. The van der Waals surface area contributed by atoms with Crippen molar-refractivity contribution in [2.75, 3.05) is 0 Å². The molecule has 0 aliphatic heterocycles. The molecule has 5 N–H and O–H groups in total. The zero-order valence-corrected chi connectivity index (χ0v) is 11.5. The molecular formula is C13H22ClNO3. The summed E-state index contributed by atoms with van der Waals surface area (Å²) in [6.07, 6.45) is 0.890. The Balaban J connectivity index is 0.00000289. The van der Waals surface area contributed by atoms with Crippen molar-refractivity contribution in [3.05, 3.63) is 23.8 Å². The molecule has 0 aliphatic rings. The Hall–Kier alpha value is -0.970. The number of phenolic OH excluding ortho intramolecular Hbond substituents is 2. The third kappa shape index (κ3) is 4.72. The van der Waals surface area contributed by atoms with Gasteiger partial charge in [0.25, 0.3) is 0 Å². The van der Waals surface area contributed by atoms with E-state index in [4.69, 9.17) is 5.73 Å². The zero-order valence-electron chi connectivity index (χ0n) is 10.7. The van der Waals surface area contributed by atoms with Crippen LogP contribution in [-0.2, 0) is 0 Å². The molecule has 5 heteroatoms. The number of aliphatic hydroxyl groups excluding tert-OH is 1. The van der Waals surface area contributed by atoms with Gasteiger partial charge < -0.3 is 21.1 Å². The first kappa shape index (κ1) is 17.0. The smallest absolute Gasteiger partial charge is 0.157 e. The standard InChI is InChI=1S/C13H21NO3.ClH/c1-8(2)3-5-11(16)13(14)9-4-6-10(15)12(17)7-9;/h4,6-8,11,13,15-17H,3,5,14H2,1-2H3;1H/t11-,13+;/m1./s1. The van der Waals surface area contributed by atoms with Crippen LogP contribution < -0.4 is 5.73 Å². The van der Waals surface area contributed by atoms with Gasteiger partial charge in [0, 0.05) is 0 Å². The Morgan fingerprint density at radius 1 is 1.11 bits per heavy atom. The van der Waals surface area contributed by atoms with Crippen LogP contribution in [0.25, 0.3) is 0 Å². The van der Waals surface area contributed by atoms with Gasteiger partial charge in [-0.25, -0.2) is 0 Å². The van der Waals surface area contributed by atoms with Crippen LogP contribution in [-0.4, -0.2) is 21.4 Å². The van der Waals surface area contributed by atoms with E-state index in [1.165, 1.54) is 12.1 Å². The van der Waals surface area contributed by atoms with Crippen molar-refractivity contribution in [1.29, 1.82) is 0 Å². The van der Waals surface area contributed by atoms with E-state index in [1.54, 1.807) is 6.07 Å². The molecule has 0 radical (unpaired) electrons. The molecule has 1 aromatic carbocycles. The highest BCUT2D eigenvalue weighted by Gasteiger charge is 2.18. The molecule has 0 saturated carbocycles. The van der Waals surface area contributed by atoms with E-state index >= 15 is 0 Å². The van der Waals surface area contributed by atoms with Gasteiger partial charge in [-0.2, -0.15) is 0 Å². The third-order valence-electron chi connectivity index (χ3n) is 2.84. The molecule has 104 valence electrons. The number of aromatic hydroxyl groups is 2. The molecule has 0 bridgehead atoms. The van der Waals surface area contributed by atoms with Gasteiger partial charge in [-0.05, 0) is 36.5 Å². The molecule has 0 unspecified atom stereocenters. The molecule has 0 spiro atoms. The van der Waals surface area contributed by atoms with E-state index in [1.807, 2.05) is 0 Å². The topological polar surface area (TPSA) is 86.7 Å². The van der Waals surface area contributed by atoms with Gasteiger partial charge >= 0.3 is 0 Å². The van der Waals surface area contributed by atoms with E-state index in [9.17, 15) is 15.3 Å². The number of halogens is 1. The van der Waals surface area contributed by atoms with Gasteiger partial charge in [-0.15, -0.1) is 12.4 Å². The van der Waals surface area contributed by atoms with Crippen molar-refractivity contribution >= 4 is 12.4 Å². The first-order chi connectivity index (χ1) is 7.91. The fraction of sp³-hybridized carbons (Fsp3) is 0.538. The minimum Gasteiger partial charge on any atom is -0.504 e. The maximum Gasteiger partial charge on any atom is 0.157 e. The van der Waals surface area contributed by atoms with Crippen LogP contribution in [0.15, 0.2) is 18.2 Å². The highest BCUT2D eigenvalue weighted by molar-refractivity contribution is 5.85. The van der Waals surface area contributed by atoms with Gasteiger partial charge in [0.05, 0.1) is 12.1 Å². The highest BCUT2D eigenvalue weighted by atomic mass is 35.5. The number of rotatable bonds is 5. The van der Waals surface area contributed by atoms with Crippen LogP contribution in [0.5, 0.6) is 11.5 Å². The second-order valence-corrected chi connectivity index (χ2v) is 4.81. The Morgan fingerprint density at radius 3 is 2.22 bits per heavy atom. The summed E-state index contributed by atoms with van der Waals surface area (Å²) in [7, 11) is 0. The molecule has 0 amide bonds. The van der Waals surface area contributed by atoms with Crippen LogP contribution >= 0.6 is 12.4 Å². The van der Waals surface area contributed by atoms with Crippen LogP contribution in [0.4, 0.5) is 0 Å². The van der Waals surface area contributed by atoms with E-state index in [-0.39, 0.29) is 23.9 Å². The predicted molar refractivity (Wildman–Crippen MR) is 74.0 cm³/mol.